The van der Waals surface area contributed by atoms with Gasteiger partial charge in [-0.1, -0.05) is 34.8 Å². The molecule has 3 atom stereocenters. The van der Waals surface area contributed by atoms with E-state index in [2.05, 4.69) is 5.32 Å². The molecular formula is C15H15Cl3N2O4. The van der Waals surface area contributed by atoms with Crippen molar-refractivity contribution < 1.29 is 19.8 Å². The average molecular weight is 394 g/mol. The van der Waals surface area contributed by atoms with Crippen LogP contribution in [0.3, 0.4) is 0 Å². The molecule has 9 heteroatoms. The van der Waals surface area contributed by atoms with E-state index in [4.69, 9.17) is 34.8 Å². The van der Waals surface area contributed by atoms with Gasteiger partial charge in [-0.2, -0.15) is 0 Å². The maximum Gasteiger partial charge on any atom is 0.248 e. The second kappa shape index (κ2) is 6.59. The van der Waals surface area contributed by atoms with Gasteiger partial charge in [-0.25, -0.2) is 0 Å². The molecular weight excluding hydrogens is 379 g/mol. The van der Waals surface area contributed by atoms with Gasteiger partial charge in [0.05, 0.1) is 21.7 Å². The predicted octanol–water partition coefficient (Wildman–Crippen LogP) is 1.92. The number of carbonyl (C=O) groups excluding carboxylic acids is 2. The number of fused-ring (bicyclic) bond motifs is 1. The van der Waals surface area contributed by atoms with Crippen molar-refractivity contribution in [2.24, 2.45) is 0 Å². The zero-order valence-corrected chi connectivity index (χ0v) is 14.7. The van der Waals surface area contributed by atoms with E-state index in [1.807, 2.05) is 0 Å². The van der Waals surface area contributed by atoms with Gasteiger partial charge in [0.1, 0.15) is 17.8 Å². The van der Waals surface area contributed by atoms with Crippen LogP contribution >= 0.6 is 34.8 Å². The van der Waals surface area contributed by atoms with Crippen LogP contribution in [-0.2, 0) is 9.59 Å². The monoisotopic (exact) mass is 392 g/mol. The van der Waals surface area contributed by atoms with Crippen LogP contribution in [0.1, 0.15) is 24.3 Å². The van der Waals surface area contributed by atoms with Crippen molar-refractivity contribution in [1.29, 1.82) is 0 Å². The minimum absolute atomic E-state index is 0.0800. The first-order chi connectivity index (χ1) is 11.3. The first-order valence-corrected chi connectivity index (χ1v) is 8.56. The van der Waals surface area contributed by atoms with Gasteiger partial charge >= 0.3 is 0 Å². The van der Waals surface area contributed by atoms with Crippen LogP contribution in [-0.4, -0.2) is 52.2 Å². The highest BCUT2D eigenvalue weighted by Crippen LogP contribution is 2.46. The molecule has 1 aromatic rings. The van der Waals surface area contributed by atoms with E-state index < -0.39 is 18.7 Å². The molecule has 24 heavy (non-hydrogen) atoms. The molecule has 0 bridgehead atoms. The van der Waals surface area contributed by atoms with Crippen molar-refractivity contribution in [2.75, 3.05) is 13.2 Å². The molecule has 0 aromatic heterocycles. The van der Waals surface area contributed by atoms with Gasteiger partial charge in [0.25, 0.3) is 0 Å². The number of piperidine rings is 1. The fourth-order valence-corrected chi connectivity index (χ4v) is 4.13. The van der Waals surface area contributed by atoms with Crippen LogP contribution in [0.2, 0.25) is 15.1 Å². The number of aromatic hydroxyl groups is 1. The smallest absolute Gasteiger partial charge is 0.248 e. The molecule has 2 aliphatic rings. The Kier molecular flexibility index (Phi) is 4.84. The van der Waals surface area contributed by atoms with Gasteiger partial charge in [-0.05, 0) is 18.8 Å². The summed E-state index contributed by atoms with van der Waals surface area (Å²) in [5, 5.41) is 22.4. The summed E-state index contributed by atoms with van der Waals surface area (Å²) in [7, 11) is 0. The minimum Gasteiger partial charge on any atom is -0.508 e. The van der Waals surface area contributed by atoms with Gasteiger partial charge in [0, 0.05) is 18.2 Å². The van der Waals surface area contributed by atoms with Crippen LogP contribution in [0.25, 0.3) is 0 Å². The standard InChI is InChI=1S/C15H15Cl3N2O4/c16-7-4-10(22)11(13(18)12(7)17)6-1-2-20-9(3-6)14(23)19-8(5-21)15(20)24/h4,6,8-9,21-22H,1-3,5H2,(H,19,23)/t6-,8-,9+/m1/s1. The highest BCUT2D eigenvalue weighted by Gasteiger charge is 2.44. The highest BCUT2D eigenvalue weighted by atomic mass is 35.5. The topological polar surface area (TPSA) is 89.9 Å². The molecule has 2 saturated heterocycles. The molecule has 0 saturated carbocycles. The number of benzene rings is 1. The maximum atomic E-state index is 12.3. The number of halogens is 3. The SMILES string of the molecule is O=C1N[C@H](CO)C(=O)N2CC[C@@H](c3c(O)cc(Cl)c(Cl)c3Cl)C[C@@H]12. The summed E-state index contributed by atoms with van der Waals surface area (Å²) in [5.41, 5.74) is 0.440. The van der Waals surface area contributed by atoms with Crippen LogP contribution in [0, 0.1) is 0 Å². The number of piperazine rings is 1. The Labute approximate surface area is 153 Å². The second-order valence-electron chi connectivity index (χ2n) is 5.93. The first-order valence-electron chi connectivity index (χ1n) is 7.43. The Morgan fingerprint density at radius 2 is 1.96 bits per heavy atom. The molecule has 2 heterocycles. The van der Waals surface area contributed by atoms with E-state index in [1.165, 1.54) is 11.0 Å². The lowest BCUT2D eigenvalue weighted by Gasteiger charge is -2.44. The van der Waals surface area contributed by atoms with E-state index in [0.29, 0.717) is 24.9 Å². The summed E-state index contributed by atoms with van der Waals surface area (Å²) in [6, 6.07) is -0.234. The highest BCUT2D eigenvalue weighted by molar-refractivity contribution is 6.48. The Bertz CT molecular complexity index is 712. The van der Waals surface area contributed by atoms with Crippen molar-refractivity contribution in [2.45, 2.75) is 30.8 Å². The van der Waals surface area contributed by atoms with Crippen molar-refractivity contribution in [3.63, 3.8) is 0 Å². The van der Waals surface area contributed by atoms with E-state index in [-0.39, 0.29) is 38.5 Å². The van der Waals surface area contributed by atoms with Gasteiger partial charge in [0.2, 0.25) is 11.8 Å². The summed E-state index contributed by atoms with van der Waals surface area (Å²) in [6.07, 6.45) is 0.819. The minimum atomic E-state index is -0.896. The lowest BCUT2D eigenvalue weighted by atomic mass is 9.83. The molecule has 2 amide bonds. The number of amides is 2. The zero-order chi connectivity index (χ0) is 17.6. The second-order valence-corrected chi connectivity index (χ2v) is 7.09. The molecule has 0 spiro atoms. The summed E-state index contributed by atoms with van der Waals surface area (Å²) >= 11 is 18.2. The molecule has 2 aliphatic heterocycles. The Morgan fingerprint density at radius 3 is 2.62 bits per heavy atom. The number of carbonyl (C=O) groups is 2. The third-order valence-electron chi connectivity index (χ3n) is 4.57. The van der Waals surface area contributed by atoms with Crippen LogP contribution in [0.15, 0.2) is 6.07 Å². The summed E-state index contributed by atoms with van der Waals surface area (Å²) < 4.78 is 0. The molecule has 2 fully saturated rings. The number of phenols is 1. The van der Waals surface area contributed by atoms with Gasteiger partial charge < -0.3 is 20.4 Å². The van der Waals surface area contributed by atoms with E-state index in [1.54, 1.807) is 0 Å². The number of aliphatic hydroxyl groups is 1. The largest absolute Gasteiger partial charge is 0.508 e. The number of nitrogens with one attached hydrogen (secondary N) is 1. The molecule has 3 rings (SSSR count). The van der Waals surface area contributed by atoms with Crippen LogP contribution in [0.5, 0.6) is 5.75 Å². The lowest BCUT2D eigenvalue weighted by Crippen LogP contribution is -2.66. The number of nitrogens with zero attached hydrogens (tertiary/aromatic N) is 1. The average Bonchev–Trinajstić information content (AvgIpc) is 2.56. The molecule has 1 aromatic carbocycles. The van der Waals surface area contributed by atoms with Gasteiger partial charge in [-0.3, -0.25) is 9.59 Å². The number of hydrogen-bond donors (Lipinski definition) is 3. The maximum absolute atomic E-state index is 12.3. The number of phenolic OH excluding ortho intramolecular Hbond substituents is 1. The zero-order valence-electron chi connectivity index (χ0n) is 12.4. The van der Waals surface area contributed by atoms with Crippen LogP contribution in [0.4, 0.5) is 0 Å². The normalized spacial score (nSPS) is 27.0. The molecule has 130 valence electrons. The van der Waals surface area contributed by atoms with Crippen molar-refractivity contribution in [1.82, 2.24) is 10.2 Å². The summed E-state index contributed by atoms with van der Waals surface area (Å²) in [5.74, 6) is -0.944. The fourth-order valence-electron chi connectivity index (χ4n) is 3.38. The predicted molar refractivity (Wildman–Crippen MR) is 89.6 cm³/mol. The molecule has 0 radical (unpaired) electrons. The molecule has 0 unspecified atom stereocenters. The Hall–Kier alpha value is -1.21. The number of hydrogen-bond acceptors (Lipinski definition) is 4. The third-order valence-corrected chi connectivity index (χ3v) is 5.85. The van der Waals surface area contributed by atoms with Gasteiger partial charge in [-0.15, -0.1) is 0 Å². The van der Waals surface area contributed by atoms with E-state index in [0.717, 1.165) is 0 Å². The fraction of sp³-hybridized carbons (Fsp3) is 0.467. The summed E-state index contributed by atoms with van der Waals surface area (Å²) in [4.78, 5) is 26.0. The lowest BCUT2D eigenvalue weighted by molar-refractivity contribution is -0.152. The molecule has 6 nitrogen and oxygen atoms in total. The third kappa shape index (κ3) is 2.81. The molecule has 0 aliphatic carbocycles. The Morgan fingerprint density at radius 1 is 1.25 bits per heavy atom. The van der Waals surface area contributed by atoms with Crippen molar-refractivity contribution in [3.05, 3.63) is 26.7 Å². The van der Waals surface area contributed by atoms with Crippen molar-refractivity contribution in [3.8, 4) is 5.75 Å². The van der Waals surface area contributed by atoms with E-state index in [9.17, 15) is 19.8 Å². The Balaban J connectivity index is 1.90. The van der Waals surface area contributed by atoms with Crippen molar-refractivity contribution >= 4 is 46.6 Å². The summed E-state index contributed by atoms with van der Waals surface area (Å²) in [6.45, 7) is -0.106. The molecule has 3 N–H and O–H groups in total. The number of rotatable bonds is 2. The van der Waals surface area contributed by atoms with E-state index >= 15 is 0 Å². The van der Waals surface area contributed by atoms with Crippen LogP contribution < -0.4 is 5.32 Å². The number of aliphatic hydroxyl groups excluding tert-OH is 1. The quantitative estimate of drug-likeness (QED) is 0.670. The van der Waals surface area contributed by atoms with Gasteiger partial charge in [0.15, 0.2) is 0 Å². The first kappa shape index (κ1) is 17.6.